The summed E-state index contributed by atoms with van der Waals surface area (Å²) in [5.74, 6) is 2.73. The van der Waals surface area contributed by atoms with E-state index in [1.807, 2.05) is 42.5 Å². The standard InChI is InChI=1S/C21H16N6O3S2/c1-2-18-24-17(11-31-18)25-21(29)23-16(10-30-20(22)28)13-8-6-12(7-9-13)14-4-3-5-15-19(14)27-32-26-15/h1,3-9,11,16H,10H2,(H2,22,28)(H2,23,25,29)/t16-/m0/s1. The molecule has 0 aliphatic carbocycles. The third kappa shape index (κ3) is 4.83. The minimum atomic E-state index is -0.935. The summed E-state index contributed by atoms with van der Waals surface area (Å²) in [6.45, 7) is -0.139. The molecule has 11 heteroatoms. The second kappa shape index (κ2) is 9.42. The number of amides is 3. The van der Waals surface area contributed by atoms with Crippen LogP contribution in [-0.2, 0) is 4.74 Å². The molecule has 0 fully saturated rings. The molecule has 4 rings (SSSR count). The quantitative estimate of drug-likeness (QED) is 0.372. The zero-order chi connectivity index (χ0) is 22.5. The van der Waals surface area contributed by atoms with E-state index in [-0.39, 0.29) is 6.61 Å². The van der Waals surface area contributed by atoms with Crippen molar-refractivity contribution in [3.8, 4) is 23.5 Å². The molecule has 0 bridgehead atoms. The fraction of sp³-hybridized carbons (Fsp3) is 0.0952. The van der Waals surface area contributed by atoms with E-state index in [9.17, 15) is 9.59 Å². The van der Waals surface area contributed by atoms with Crippen LogP contribution in [0.2, 0.25) is 0 Å². The topological polar surface area (TPSA) is 132 Å². The van der Waals surface area contributed by atoms with Gasteiger partial charge in [0.05, 0.1) is 17.8 Å². The van der Waals surface area contributed by atoms with Crippen LogP contribution in [0.4, 0.5) is 15.4 Å². The van der Waals surface area contributed by atoms with E-state index < -0.39 is 18.2 Å². The van der Waals surface area contributed by atoms with Gasteiger partial charge in [-0.15, -0.1) is 17.8 Å². The molecule has 4 aromatic rings. The SMILES string of the molecule is C#Cc1nc(NC(=O)N[C@@H](COC(N)=O)c2ccc(-c3cccc4nsnc34)cc2)cs1. The van der Waals surface area contributed by atoms with Crippen LogP contribution in [0, 0.1) is 12.3 Å². The van der Waals surface area contributed by atoms with Crippen molar-refractivity contribution in [2.45, 2.75) is 6.04 Å². The van der Waals surface area contributed by atoms with Crippen LogP contribution in [0.15, 0.2) is 47.8 Å². The van der Waals surface area contributed by atoms with Gasteiger partial charge in [0.15, 0.2) is 5.01 Å². The Morgan fingerprint density at radius 3 is 2.72 bits per heavy atom. The number of thiazole rings is 1. The molecule has 2 aromatic carbocycles. The molecule has 0 saturated carbocycles. The largest absolute Gasteiger partial charge is 0.447 e. The van der Waals surface area contributed by atoms with Crippen LogP contribution < -0.4 is 16.4 Å². The summed E-state index contributed by atoms with van der Waals surface area (Å²) < 4.78 is 13.6. The third-order valence-electron chi connectivity index (χ3n) is 4.48. The molecule has 1 atom stereocenters. The first-order valence-corrected chi connectivity index (χ1v) is 10.9. The fourth-order valence-corrected chi connectivity index (χ4v) is 4.13. The molecule has 0 saturated heterocycles. The van der Waals surface area contributed by atoms with Gasteiger partial charge >= 0.3 is 12.1 Å². The Morgan fingerprint density at radius 1 is 1.19 bits per heavy atom. The number of aromatic nitrogens is 3. The maximum absolute atomic E-state index is 12.4. The number of carbonyl (C=O) groups excluding carboxylic acids is 2. The minimum Gasteiger partial charge on any atom is -0.447 e. The van der Waals surface area contributed by atoms with Gasteiger partial charge in [-0.2, -0.15) is 8.75 Å². The molecule has 160 valence electrons. The second-order valence-corrected chi connectivity index (χ2v) is 7.91. The van der Waals surface area contributed by atoms with Crippen LogP contribution in [-0.4, -0.2) is 32.5 Å². The molecule has 3 amide bonds. The number of fused-ring (bicyclic) bond motifs is 1. The predicted octanol–water partition coefficient (Wildman–Crippen LogP) is 3.75. The Bertz CT molecular complexity index is 1310. The molecule has 2 heterocycles. The van der Waals surface area contributed by atoms with Crippen molar-refractivity contribution in [2.24, 2.45) is 5.73 Å². The number of ether oxygens (including phenoxy) is 1. The number of carbonyl (C=O) groups is 2. The molecule has 9 nitrogen and oxygen atoms in total. The van der Waals surface area contributed by atoms with Gasteiger partial charge in [0.2, 0.25) is 0 Å². The summed E-state index contributed by atoms with van der Waals surface area (Å²) in [5.41, 5.74) is 9.37. The number of nitrogens with zero attached hydrogens (tertiary/aromatic N) is 3. The number of anilines is 1. The first-order valence-electron chi connectivity index (χ1n) is 9.27. The number of nitrogens with two attached hydrogens (primary N) is 1. The number of primary amides is 1. The molecule has 0 radical (unpaired) electrons. The van der Waals surface area contributed by atoms with Gasteiger partial charge in [-0.05, 0) is 23.1 Å². The first kappa shape index (κ1) is 21.2. The monoisotopic (exact) mass is 464 g/mol. The average Bonchev–Trinajstić information content (AvgIpc) is 3.45. The van der Waals surface area contributed by atoms with Gasteiger partial charge in [0.1, 0.15) is 23.5 Å². The Kier molecular flexibility index (Phi) is 6.25. The number of rotatable bonds is 6. The first-order chi connectivity index (χ1) is 15.5. The van der Waals surface area contributed by atoms with Crippen LogP contribution in [0.1, 0.15) is 16.6 Å². The summed E-state index contributed by atoms with van der Waals surface area (Å²) in [6, 6.07) is 12.1. The van der Waals surface area contributed by atoms with E-state index in [1.165, 1.54) is 11.3 Å². The lowest BCUT2D eigenvalue weighted by molar-refractivity contribution is 0.144. The summed E-state index contributed by atoms with van der Waals surface area (Å²) in [4.78, 5) is 27.7. The molecule has 32 heavy (non-hydrogen) atoms. The smallest absolute Gasteiger partial charge is 0.404 e. The van der Waals surface area contributed by atoms with Crippen LogP contribution in [0.3, 0.4) is 0 Å². The second-order valence-electron chi connectivity index (χ2n) is 6.52. The van der Waals surface area contributed by atoms with E-state index in [0.717, 1.165) is 39.5 Å². The Balaban J connectivity index is 1.53. The maximum Gasteiger partial charge on any atom is 0.404 e. The van der Waals surface area contributed by atoms with Gasteiger partial charge in [0.25, 0.3) is 0 Å². The Labute approximate surface area is 191 Å². The van der Waals surface area contributed by atoms with Gasteiger partial charge in [-0.25, -0.2) is 14.6 Å². The van der Waals surface area contributed by atoms with E-state index in [0.29, 0.717) is 10.8 Å². The predicted molar refractivity (Wildman–Crippen MR) is 123 cm³/mol. The molecule has 0 aliphatic heterocycles. The zero-order valence-corrected chi connectivity index (χ0v) is 18.1. The number of urea groups is 1. The van der Waals surface area contributed by atoms with Gasteiger partial charge in [-0.3, -0.25) is 5.32 Å². The van der Waals surface area contributed by atoms with Crippen LogP contribution in [0.5, 0.6) is 0 Å². The normalized spacial score (nSPS) is 11.5. The van der Waals surface area contributed by atoms with E-state index in [4.69, 9.17) is 16.9 Å². The fourth-order valence-electron chi connectivity index (χ4n) is 3.03. The molecule has 0 unspecified atom stereocenters. The van der Waals surface area contributed by atoms with E-state index in [1.54, 1.807) is 5.38 Å². The van der Waals surface area contributed by atoms with Crippen LogP contribution in [0.25, 0.3) is 22.2 Å². The Hall–Kier alpha value is -4.01. The van der Waals surface area contributed by atoms with Crippen LogP contribution >= 0.6 is 23.1 Å². The lowest BCUT2D eigenvalue weighted by Crippen LogP contribution is -2.36. The third-order valence-corrected chi connectivity index (χ3v) is 5.79. The van der Waals surface area contributed by atoms with Crippen molar-refractivity contribution in [1.29, 1.82) is 0 Å². The lowest BCUT2D eigenvalue weighted by atomic mass is 10.00. The zero-order valence-electron chi connectivity index (χ0n) is 16.4. The number of hydrogen-bond acceptors (Lipinski definition) is 8. The summed E-state index contributed by atoms with van der Waals surface area (Å²) in [7, 11) is 0. The van der Waals surface area contributed by atoms with Crippen molar-refractivity contribution in [3.05, 3.63) is 58.4 Å². The van der Waals surface area contributed by atoms with Crippen molar-refractivity contribution < 1.29 is 14.3 Å². The molecule has 4 N–H and O–H groups in total. The van der Waals surface area contributed by atoms with Gasteiger partial charge < -0.3 is 15.8 Å². The van der Waals surface area contributed by atoms with Crippen molar-refractivity contribution in [2.75, 3.05) is 11.9 Å². The highest BCUT2D eigenvalue weighted by molar-refractivity contribution is 7.10. The number of nitrogens with one attached hydrogen (secondary N) is 2. The number of terminal acetylenes is 1. The van der Waals surface area contributed by atoms with Gasteiger partial charge in [-0.1, -0.05) is 36.4 Å². The molecule has 2 aromatic heterocycles. The average molecular weight is 465 g/mol. The van der Waals surface area contributed by atoms with E-state index >= 15 is 0 Å². The molecule has 0 aliphatic rings. The summed E-state index contributed by atoms with van der Waals surface area (Å²) in [5, 5.41) is 7.45. The minimum absolute atomic E-state index is 0.139. The van der Waals surface area contributed by atoms with Crippen molar-refractivity contribution >= 4 is 52.0 Å². The molecular formula is C21H16N6O3S2. The van der Waals surface area contributed by atoms with E-state index in [2.05, 4.69) is 30.3 Å². The Morgan fingerprint density at radius 2 is 2.00 bits per heavy atom. The molecular weight excluding hydrogens is 448 g/mol. The highest BCUT2D eigenvalue weighted by atomic mass is 32.1. The molecule has 0 spiro atoms. The highest BCUT2D eigenvalue weighted by Gasteiger charge is 2.18. The number of benzene rings is 2. The summed E-state index contributed by atoms with van der Waals surface area (Å²) >= 11 is 2.40. The van der Waals surface area contributed by atoms with Crippen molar-refractivity contribution in [1.82, 2.24) is 19.0 Å². The van der Waals surface area contributed by atoms with Gasteiger partial charge in [0, 0.05) is 10.9 Å². The summed E-state index contributed by atoms with van der Waals surface area (Å²) in [6.07, 6.45) is 4.36. The lowest BCUT2D eigenvalue weighted by Gasteiger charge is -2.19. The highest BCUT2D eigenvalue weighted by Crippen LogP contribution is 2.28. The van der Waals surface area contributed by atoms with Crippen molar-refractivity contribution in [3.63, 3.8) is 0 Å². The maximum atomic E-state index is 12.4. The number of hydrogen-bond donors (Lipinski definition) is 3.